The largest absolute Gasteiger partial charge is 0.348 e. The number of quaternary nitrogens is 1. The van der Waals surface area contributed by atoms with Crippen LogP contribution in [0.3, 0.4) is 0 Å². The van der Waals surface area contributed by atoms with Gasteiger partial charge in [-0.15, -0.1) is 0 Å². The maximum Gasteiger partial charge on any atom is 0.193 e. The Hall–Kier alpha value is -0.370. The van der Waals surface area contributed by atoms with Crippen molar-refractivity contribution in [2.75, 3.05) is 0 Å². The topological polar surface area (TPSA) is 44.7 Å². The van der Waals surface area contributed by atoms with Crippen molar-refractivity contribution in [2.24, 2.45) is 11.3 Å². The number of hydrogen-bond donors (Lipinski definition) is 1. The number of hydrogen-bond acceptors (Lipinski definition) is 1. The van der Waals surface area contributed by atoms with Crippen molar-refractivity contribution in [3.05, 3.63) is 0 Å². The second-order valence-corrected chi connectivity index (χ2v) is 5.66. The molecule has 0 radical (unpaired) electrons. The summed E-state index contributed by atoms with van der Waals surface area (Å²) in [5.74, 6) is 0.711. The summed E-state index contributed by atoms with van der Waals surface area (Å²) in [6.07, 6.45) is 5.96. The fourth-order valence-electron chi connectivity index (χ4n) is 2.10. The molecule has 1 fully saturated rings. The molecular weight excluding hydrogens is 174 g/mol. The van der Waals surface area contributed by atoms with E-state index in [0.717, 1.165) is 12.8 Å². The smallest absolute Gasteiger partial charge is 0.193 e. The molecule has 0 bridgehead atoms. The average Bonchev–Trinajstić information content (AvgIpc) is 2.15. The van der Waals surface area contributed by atoms with Crippen LogP contribution in [0.25, 0.3) is 0 Å². The number of carbonyl (C=O) groups is 1. The third-order valence-corrected chi connectivity index (χ3v) is 3.40. The second-order valence-electron chi connectivity index (χ2n) is 5.66. The van der Waals surface area contributed by atoms with E-state index in [1.165, 1.54) is 19.3 Å². The zero-order chi connectivity index (χ0) is 10.8. The first-order valence-corrected chi connectivity index (χ1v) is 5.79. The highest BCUT2D eigenvalue weighted by Gasteiger charge is 2.35. The Kier molecular flexibility index (Phi) is 3.71. The van der Waals surface area contributed by atoms with Gasteiger partial charge < -0.3 is 5.73 Å². The first kappa shape index (κ1) is 11.7. The number of ketones is 1. The van der Waals surface area contributed by atoms with E-state index in [1.54, 1.807) is 0 Å². The molecule has 2 nitrogen and oxygen atoms in total. The third kappa shape index (κ3) is 2.81. The molecule has 14 heavy (non-hydrogen) atoms. The van der Waals surface area contributed by atoms with E-state index in [1.807, 2.05) is 0 Å². The van der Waals surface area contributed by atoms with Gasteiger partial charge in [0.1, 0.15) is 6.04 Å². The first-order chi connectivity index (χ1) is 6.43. The van der Waals surface area contributed by atoms with Gasteiger partial charge in [0.25, 0.3) is 0 Å². The van der Waals surface area contributed by atoms with Gasteiger partial charge in [-0.1, -0.05) is 40.0 Å². The molecule has 1 unspecified atom stereocenters. The van der Waals surface area contributed by atoms with Crippen LogP contribution in [0.1, 0.15) is 52.9 Å². The molecule has 1 aliphatic carbocycles. The fraction of sp³-hybridized carbons (Fsp3) is 0.917. The van der Waals surface area contributed by atoms with E-state index in [4.69, 9.17) is 0 Å². The Labute approximate surface area is 87.2 Å². The quantitative estimate of drug-likeness (QED) is 0.722. The second kappa shape index (κ2) is 4.43. The van der Waals surface area contributed by atoms with Crippen LogP contribution < -0.4 is 5.73 Å². The van der Waals surface area contributed by atoms with Gasteiger partial charge in [0.05, 0.1) is 0 Å². The summed E-state index contributed by atoms with van der Waals surface area (Å²) in [6.45, 7) is 6.31. The van der Waals surface area contributed by atoms with Crippen molar-refractivity contribution >= 4 is 5.78 Å². The maximum absolute atomic E-state index is 12.1. The van der Waals surface area contributed by atoms with Crippen LogP contribution >= 0.6 is 0 Å². The Morgan fingerprint density at radius 1 is 1.21 bits per heavy atom. The molecule has 3 N–H and O–H groups in total. The summed E-state index contributed by atoms with van der Waals surface area (Å²) < 4.78 is 0. The highest BCUT2D eigenvalue weighted by molar-refractivity contribution is 5.85. The third-order valence-electron chi connectivity index (χ3n) is 3.40. The molecule has 0 aromatic carbocycles. The zero-order valence-electron chi connectivity index (χ0n) is 9.81. The molecule has 1 saturated carbocycles. The van der Waals surface area contributed by atoms with Gasteiger partial charge in [-0.25, -0.2) is 0 Å². The Balaban J connectivity index is 2.55. The van der Waals surface area contributed by atoms with Crippen LogP contribution in [-0.4, -0.2) is 11.8 Å². The summed E-state index contributed by atoms with van der Waals surface area (Å²) in [7, 11) is 0. The minimum Gasteiger partial charge on any atom is -0.348 e. The minimum atomic E-state index is -0.0365. The van der Waals surface area contributed by atoms with Gasteiger partial charge >= 0.3 is 0 Å². The predicted molar refractivity (Wildman–Crippen MR) is 57.7 cm³/mol. The lowest BCUT2D eigenvalue weighted by atomic mass is 9.76. The molecule has 0 saturated heterocycles. The van der Waals surface area contributed by atoms with Gasteiger partial charge in [0, 0.05) is 11.3 Å². The van der Waals surface area contributed by atoms with Crippen molar-refractivity contribution in [3.8, 4) is 0 Å². The molecule has 0 aromatic rings. The molecular formula is C12H24NO+. The van der Waals surface area contributed by atoms with Crippen LogP contribution in [0.15, 0.2) is 0 Å². The maximum atomic E-state index is 12.1. The van der Waals surface area contributed by atoms with Gasteiger partial charge in [-0.05, 0) is 12.8 Å². The summed E-state index contributed by atoms with van der Waals surface area (Å²) in [5, 5.41) is 0. The summed E-state index contributed by atoms with van der Waals surface area (Å²) >= 11 is 0. The Morgan fingerprint density at radius 2 is 1.71 bits per heavy atom. The van der Waals surface area contributed by atoms with E-state index in [2.05, 4.69) is 26.5 Å². The van der Waals surface area contributed by atoms with Crippen molar-refractivity contribution < 1.29 is 10.5 Å². The lowest BCUT2D eigenvalue weighted by molar-refractivity contribution is -0.426. The molecule has 1 aliphatic rings. The van der Waals surface area contributed by atoms with E-state index >= 15 is 0 Å². The lowest BCUT2D eigenvalue weighted by Gasteiger charge is -2.28. The van der Waals surface area contributed by atoms with Gasteiger partial charge in [-0.2, -0.15) is 0 Å². The van der Waals surface area contributed by atoms with Crippen molar-refractivity contribution in [3.63, 3.8) is 0 Å². The van der Waals surface area contributed by atoms with Crippen LogP contribution in [0.4, 0.5) is 0 Å². The fourth-order valence-corrected chi connectivity index (χ4v) is 2.10. The molecule has 0 amide bonds. The molecule has 0 spiro atoms. The number of rotatable bonds is 2. The predicted octanol–water partition coefficient (Wildman–Crippen LogP) is 1.79. The van der Waals surface area contributed by atoms with Gasteiger partial charge in [-0.3, -0.25) is 4.79 Å². The molecule has 82 valence electrons. The van der Waals surface area contributed by atoms with E-state index < -0.39 is 0 Å². The lowest BCUT2D eigenvalue weighted by Crippen LogP contribution is -2.71. The molecule has 0 aromatic heterocycles. The molecule has 0 heterocycles. The first-order valence-electron chi connectivity index (χ1n) is 5.79. The average molecular weight is 198 g/mol. The number of Topliss-reactive ketones (excluding diaryl/α,β-unsaturated/α-hetero) is 1. The number of carbonyl (C=O) groups excluding carboxylic acids is 1. The monoisotopic (exact) mass is 198 g/mol. The van der Waals surface area contributed by atoms with Crippen molar-refractivity contribution in [1.29, 1.82) is 0 Å². The highest BCUT2D eigenvalue weighted by atomic mass is 16.1. The van der Waals surface area contributed by atoms with Crippen LogP contribution in [0.5, 0.6) is 0 Å². The van der Waals surface area contributed by atoms with Crippen molar-refractivity contribution in [1.82, 2.24) is 0 Å². The normalized spacial score (nSPS) is 22.0. The van der Waals surface area contributed by atoms with Gasteiger partial charge in [0.15, 0.2) is 5.78 Å². The van der Waals surface area contributed by atoms with Crippen LogP contribution in [-0.2, 0) is 4.79 Å². The van der Waals surface area contributed by atoms with Crippen LogP contribution in [0.2, 0.25) is 0 Å². The van der Waals surface area contributed by atoms with Crippen LogP contribution in [0, 0.1) is 11.3 Å². The molecule has 1 atom stereocenters. The van der Waals surface area contributed by atoms with E-state index in [0.29, 0.717) is 11.7 Å². The summed E-state index contributed by atoms with van der Waals surface area (Å²) in [5.41, 5.74) is 4.06. The minimum absolute atomic E-state index is 0.0224. The zero-order valence-corrected chi connectivity index (χ0v) is 9.81. The SMILES string of the molecule is CC(C)(C)C([NH3+])C(=O)C1CCCCC1. The molecule has 1 rings (SSSR count). The van der Waals surface area contributed by atoms with Crippen molar-refractivity contribution in [2.45, 2.75) is 58.9 Å². The molecule has 2 heteroatoms. The summed E-state index contributed by atoms with van der Waals surface area (Å²) in [4.78, 5) is 12.1. The Morgan fingerprint density at radius 3 is 2.14 bits per heavy atom. The molecule has 0 aliphatic heterocycles. The Bertz CT molecular complexity index is 199. The standard InChI is InChI=1S/C12H23NO/c1-12(2,3)11(13)10(14)9-7-5-4-6-8-9/h9,11H,4-8,13H2,1-3H3/p+1. The highest BCUT2D eigenvalue weighted by Crippen LogP contribution is 2.28. The van der Waals surface area contributed by atoms with E-state index in [-0.39, 0.29) is 11.5 Å². The van der Waals surface area contributed by atoms with E-state index in [9.17, 15) is 4.79 Å². The van der Waals surface area contributed by atoms with Gasteiger partial charge in [0.2, 0.25) is 0 Å². The summed E-state index contributed by atoms with van der Waals surface area (Å²) in [6, 6.07) is -0.0365.